The topological polar surface area (TPSA) is 0 Å². The quantitative estimate of drug-likeness (QED) is 0.572. The molecule has 0 bridgehead atoms. The maximum Gasteiger partial charge on any atom is 0.0116 e. The van der Waals surface area contributed by atoms with Crippen molar-refractivity contribution in [3.63, 3.8) is 0 Å². The second-order valence-corrected chi connectivity index (χ2v) is 5.48. The van der Waals surface area contributed by atoms with Crippen LogP contribution >= 0.6 is 11.8 Å². The van der Waals surface area contributed by atoms with Crippen molar-refractivity contribution in [3.05, 3.63) is 11.5 Å². The molecule has 0 amide bonds. The Kier molecular flexibility index (Phi) is 5.75. The van der Waals surface area contributed by atoms with Crippen LogP contribution in [0.1, 0.15) is 47.0 Å². The number of hydrogen-bond acceptors (Lipinski definition) is 1. The Morgan fingerprint density at radius 2 is 1.91 bits per heavy atom. The fourth-order valence-electron chi connectivity index (χ4n) is 0.642. The van der Waals surface area contributed by atoms with Gasteiger partial charge in [0.2, 0.25) is 0 Å². The van der Waals surface area contributed by atoms with E-state index in [9.17, 15) is 0 Å². The highest BCUT2D eigenvalue weighted by Gasteiger charge is 2.06. The third-order valence-electron chi connectivity index (χ3n) is 1.24. The molecule has 0 aliphatic carbocycles. The molecule has 0 unspecified atom stereocenters. The highest BCUT2D eigenvalue weighted by atomic mass is 32.2. The first-order chi connectivity index (χ1) is 5.06. The molecule has 0 nitrogen and oxygen atoms in total. The number of allylic oxidation sites excluding steroid dienone is 1. The molecular weight excluding hydrogens is 152 g/mol. The lowest BCUT2D eigenvalue weighted by Gasteiger charge is -2.13. The highest BCUT2D eigenvalue weighted by molar-refractivity contribution is 8.03. The van der Waals surface area contributed by atoms with Gasteiger partial charge in [-0.1, -0.05) is 46.6 Å². The van der Waals surface area contributed by atoms with Crippen molar-refractivity contribution < 1.29 is 0 Å². The van der Waals surface area contributed by atoms with Crippen LogP contribution < -0.4 is 0 Å². The molecule has 0 aliphatic heterocycles. The van der Waals surface area contributed by atoms with Gasteiger partial charge in [0, 0.05) is 4.75 Å². The zero-order valence-corrected chi connectivity index (χ0v) is 9.00. The van der Waals surface area contributed by atoms with Crippen molar-refractivity contribution in [2.75, 3.05) is 0 Å². The van der Waals surface area contributed by atoms with Crippen LogP contribution in [-0.2, 0) is 0 Å². The van der Waals surface area contributed by atoms with Crippen LogP contribution in [0.25, 0.3) is 0 Å². The van der Waals surface area contributed by atoms with Gasteiger partial charge in [-0.25, -0.2) is 0 Å². The first-order valence-electron chi connectivity index (χ1n) is 4.39. The van der Waals surface area contributed by atoms with Crippen LogP contribution in [0.3, 0.4) is 0 Å². The maximum atomic E-state index is 2.28. The molecule has 66 valence electrons. The van der Waals surface area contributed by atoms with Gasteiger partial charge in [0.15, 0.2) is 0 Å². The van der Waals surface area contributed by atoms with Gasteiger partial charge in [-0.15, -0.1) is 11.8 Å². The van der Waals surface area contributed by atoms with Crippen LogP contribution in [0.2, 0.25) is 0 Å². The second kappa shape index (κ2) is 5.70. The van der Waals surface area contributed by atoms with E-state index in [0.29, 0.717) is 4.75 Å². The smallest absolute Gasteiger partial charge is 0.0116 e. The summed E-state index contributed by atoms with van der Waals surface area (Å²) in [5, 5.41) is 2.23. The van der Waals surface area contributed by atoms with Crippen molar-refractivity contribution in [2.24, 2.45) is 0 Å². The second-order valence-electron chi connectivity index (χ2n) is 3.74. The summed E-state index contributed by atoms with van der Waals surface area (Å²) >= 11 is 1.90. The molecular formula is C10H20S. The van der Waals surface area contributed by atoms with E-state index in [4.69, 9.17) is 0 Å². The van der Waals surface area contributed by atoms with Gasteiger partial charge in [-0.05, 0) is 11.8 Å². The van der Waals surface area contributed by atoms with E-state index in [1.54, 1.807) is 0 Å². The third-order valence-corrected chi connectivity index (χ3v) is 2.28. The molecule has 0 saturated heterocycles. The predicted molar refractivity (Wildman–Crippen MR) is 56.0 cm³/mol. The lowest BCUT2D eigenvalue weighted by molar-refractivity contribution is 0.805. The van der Waals surface area contributed by atoms with Crippen LogP contribution in [0.4, 0.5) is 0 Å². The summed E-state index contributed by atoms with van der Waals surface area (Å²) in [6.07, 6.45) is 6.13. The summed E-state index contributed by atoms with van der Waals surface area (Å²) in [5.41, 5.74) is 0. The molecule has 0 aliphatic rings. The minimum absolute atomic E-state index is 0.378. The van der Waals surface area contributed by atoms with Crippen LogP contribution in [0.15, 0.2) is 11.5 Å². The molecule has 0 N–H and O–H groups in total. The first-order valence-corrected chi connectivity index (χ1v) is 5.27. The van der Waals surface area contributed by atoms with E-state index in [1.165, 1.54) is 19.3 Å². The predicted octanol–water partition coefficient (Wildman–Crippen LogP) is 4.22. The van der Waals surface area contributed by atoms with Crippen molar-refractivity contribution in [2.45, 2.75) is 51.7 Å². The van der Waals surface area contributed by atoms with Gasteiger partial charge in [-0.2, -0.15) is 0 Å². The minimum Gasteiger partial charge on any atom is -0.128 e. The molecule has 0 fully saturated rings. The molecule has 0 radical (unpaired) electrons. The van der Waals surface area contributed by atoms with Gasteiger partial charge in [-0.3, -0.25) is 0 Å². The zero-order chi connectivity index (χ0) is 8.74. The van der Waals surface area contributed by atoms with E-state index >= 15 is 0 Å². The summed E-state index contributed by atoms with van der Waals surface area (Å²) in [5.74, 6) is 0. The van der Waals surface area contributed by atoms with Crippen LogP contribution in [0, 0.1) is 0 Å². The third kappa shape index (κ3) is 10.1. The normalized spacial score (nSPS) is 12.7. The van der Waals surface area contributed by atoms with E-state index in [-0.39, 0.29) is 0 Å². The van der Waals surface area contributed by atoms with Crippen LogP contribution in [-0.4, -0.2) is 4.75 Å². The van der Waals surface area contributed by atoms with Crippen molar-refractivity contribution in [1.29, 1.82) is 0 Å². The highest BCUT2D eigenvalue weighted by Crippen LogP contribution is 2.24. The van der Waals surface area contributed by atoms with Crippen molar-refractivity contribution in [1.82, 2.24) is 0 Å². The lowest BCUT2D eigenvalue weighted by atomic mass is 10.2. The molecule has 0 rings (SSSR count). The van der Waals surface area contributed by atoms with Crippen LogP contribution in [0.5, 0.6) is 0 Å². The molecule has 0 aromatic rings. The summed E-state index contributed by atoms with van der Waals surface area (Å²) in [4.78, 5) is 0. The van der Waals surface area contributed by atoms with Gasteiger partial charge < -0.3 is 0 Å². The van der Waals surface area contributed by atoms with Gasteiger partial charge in [0.25, 0.3) is 0 Å². The average molecular weight is 172 g/mol. The fraction of sp³-hybridized carbons (Fsp3) is 0.800. The molecule has 0 spiro atoms. The lowest BCUT2D eigenvalue weighted by Crippen LogP contribution is -2.04. The van der Waals surface area contributed by atoms with E-state index in [1.807, 2.05) is 11.8 Å². The zero-order valence-electron chi connectivity index (χ0n) is 8.18. The van der Waals surface area contributed by atoms with Gasteiger partial charge in [0.05, 0.1) is 0 Å². The molecule has 1 heteroatoms. The number of rotatable bonds is 4. The van der Waals surface area contributed by atoms with Gasteiger partial charge >= 0.3 is 0 Å². The van der Waals surface area contributed by atoms with E-state index < -0.39 is 0 Å². The Bertz CT molecular complexity index is 109. The monoisotopic (exact) mass is 172 g/mol. The van der Waals surface area contributed by atoms with Crippen molar-refractivity contribution in [3.8, 4) is 0 Å². The average Bonchev–Trinajstić information content (AvgIpc) is 1.85. The number of thioether (sulfide) groups is 1. The Labute approximate surface area is 75.5 Å². The summed E-state index contributed by atoms with van der Waals surface area (Å²) < 4.78 is 0.378. The molecule has 0 heterocycles. The Hall–Kier alpha value is 0.0900. The molecule has 0 aromatic carbocycles. The number of unbranched alkanes of at least 4 members (excludes halogenated alkanes) is 2. The Balaban J connectivity index is 3.30. The molecule has 11 heavy (non-hydrogen) atoms. The Morgan fingerprint density at radius 1 is 1.27 bits per heavy atom. The standard InChI is InChI=1S/C10H20S/c1-5-6-7-8-9-11-10(2,3)4/h8-9H,5-7H2,1-4H3/b9-8+. The SMILES string of the molecule is CCCC/C=C/SC(C)(C)C. The Morgan fingerprint density at radius 3 is 2.36 bits per heavy atom. The molecule has 0 aromatic heterocycles. The summed E-state index contributed by atoms with van der Waals surface area (Å²) in [6.45, 7) is 8.94. The van der Waals surface area contributed by atoms with E-state index in [0.717, 1.165) is 0 Å². The minimum atomic E-state index is 0.378. The summed E-state index contributed by atoms with van der Waals surface area (Å²) in [6, 6.07) is 0. The van der Waals surface area contributed by atoms with Gasteiger partial charge in [0.1, 0.15) is 0 Å². The maximum absolute atomic E-state index is 2.28. The number of hydrogen-bond donors (Lipinski definition) is 0. The summed E-state index contributed by atoms with van der Waals surface area (Å²) in [7, 11) is 0. The fourth-order valence-corrected chi connectivity index (χ4v) is 1.28. The van der Waals surface area contributed by atoms with Crippen molar-refractivity contribution >= 4 is 11.8 Å². The molecule has 0 atom stereocenters. The largest absolute Gasteiger partial charge is 0.128 e. The first kappa shape index (κ1) is 11.1. The van der Waals surface area contributed by atoms with E-state index in [2.05, 4.69) is 39.2 Å². The molecule has 0 saturated carbocycles.